The first-order chi connectivity index (χ1) is 14.1. The van der Waals surface area contributed by atoms with E-state index in [1.54, 1.807) is 10.9 Å². The maximum Gasteiger partial charge on any atom is 0.257 e. The van der Waals surface area contributed by atoms with Gasteiger partial charge in [-0.15, -0.1) is 0 Å². The van der Waals surface area contributed by atoms with Gasteiger partial charge in [-0.2, -0.15) is 5.10 Å². The summed E-state index contributed by atoms with van der Waals surface area (Å²) in [6.45, 7) is 5.04. The number of piperidine rings is 1. The molecule has 0 radical (unpaired) electrons. The monoisotopic (exact) mass is 414 g/mol. The molecule has 2 aliphatic rings. The topological polar surface area (TPSA) is 58.4 Å². The van der Waals surface area contributed by atoms with Gasteiger partial charge in [0.25, 0.3) is 5.91 Å². The lowest BCUT2D eigenvalue weighted by Crippen LogP contribution is -2.43. The highest BCUT2D eigenvalue weighted by Gasteiger charge is 2.32. The molecule has 1 aromatic heterocycles. The second-order valence-electron chi connectivity index (χ2n) is 7.85. The number of carbonyl (C=O) groups excluding carboxylic acids is 2. The largest absolute Gasteiger partial charge is 0.342 e. The summed E-state index contributed by atoms with van der Waals surface area (Å²) in [5, 5.41) is 5.10. The molecule has 154 valence electrons. The van der Waals surface area contributed by atoms with E-state index in [0.29, 0.717) is 30.1 Å². The second kappa shape index (κ2) is 8.57. The van der Waals surface area contributed by atoms with Gasteiger partial charge in [-0.3, -0.25) is 9.59 Å². The molecular weight excluding hydrogens is 388 g/mol. The van der Waals surface area contributed by atoms with Crippen LogP contribution in [-0.4, -0.2) is 57.6 Å². The Balaban J connectivity index is 1.46. The normalized spacial score (nSPS) is 17.7. The summed E-state index contributed by atoms with van der Waals surface area (Å²) >= 11 is 6.12. The van der Waals surface area contributed by atoms with Crippen LogP contribution >= 0.6 is 11.6 Å². The highest BCUT2D eigenvalue weighted by Crippen LogP contribution is 2.25. The van der Waals surface area contributed by atoms with Gasteiger partial charge in [0.15, 0.2) is 0 Å². The van der Waals surface area contributed by atoms with Crippen LogP contribution in [0.15, 0.2) is 30.5 Å². The van der Waals surface area contributed by atoms with Crippen LogP contribution in [0.5, 0.6) is 0 Å². The average Bonchev–Trinajstić information content (AvgIpc) is 3.42. The number of likely N-dealkylation sites (tertiary alicyclic amines) is 2. The van der Waals surface area contributed by atoms with Crippen molar-refractivity contribution in [2.75, 3.05) is 26.2 Å². The van der Waals surface area contributed by atoms with Gasteiger partial charge in [-0.1, -0.05) is 24.6 Å². The number of nitrogens with zero attached hydrogens (tertiary/aromatic N) is 4. The molecule has 7 heteroatoms. The van der Waals surface area contributed by atoms with Gasteiger partial charge in [0.05, 0.1) is 23.1 Å². The highest BCUT2D eigenvalue weighted by molar-refractivity contribution is 6.30. The van der Waals surface area contributed by atoms with E-state index in [0.717, 1.165) is 50.2 Å². The van der Waals surface area contributed by atoms with Crippen molar-refractivity contribution in [3.63, 3.8) is 0 Å². The molecule has 4 rings (SSSR count). The number of halogens is 1. The molecule has 3 heterocycles. The van der Waals surface area contributed by atoms with Crippen LogP contribution in [-0.2, 0) is 11.2 Å². The van der Waals surface area contributed by atoms with E-state index >= 15 is 0 Å². The molecule has 0 N–H and O–H groups in total. The van der Waals surface area contributed by atoms with Crippen molar-refractivity contribution >= 4 is 23.4 Å². The Labute approximate surface area is 176 Å². The number of amides is 2. The highest BCUT2D eigenvalue weighted by atomic mass is 35.5. The lowest BCUT2D eigenvalue weighted by molar-refractivity contribution is -0.135. The van der Waals surface area contributed by atoms with Crippen molar-refractivity contribution < 1.29 is 9.59 Å². The molecule has 1 aromatic carbocycles. The van der Waals surface area contributed by atoms with Crippen LogP contribution in [0.3, 0.4) is 0 Å². The maximum atomic E-state index is 13.2. The Kier molecular flexibility index (Phi) is 5.90. The predicted octanol–water partition coefficient (Wildman–Crippen LogP) is 3.56. The minimum atomic E-state index is 0.00204. The summed E-state index contributed by atoms with van der Waals surface area (Å²) in [5.41, 5.74) is 2.37. The smallest absolute Gasteiger partial charge is 0.257 e. The zero-order valence-electron chi connectivity index (χ0n) is 16.8. The van der Waals surface area contributed by atoms with E-state index in [9.17, 15) is 9.59 Å². The van der Waals surface area contributed by atoms with Crippen molar-refractivity contribution in [3.8, 4) is 5.69 Å². The molecule has 2 aliphatic heterocycles. The first-order valence-corrected chi connectivity index (χ1v) is 10.9. The average molecular weight is 415 g/mol. The zero-order valence-corrected chi connectivity index (χ0v) is 17.6. The first-order valence-electron chi connectivity index (χ1n) is 10.5. The van der Waals surface area contributed by atoms with Crippen LogP contribution in [0.2, 0.25) is 5.02 Å². The Morgan fingerprint density at radius 2 is 1.83 bits per heavy atom. The van der Waals surface area contributed by atoms with Crippen LogP contribution in [0, 0.1) is 5.92 Å². The van der Waals surface area contributed by atoms with Crippen LogP contribution in [0.4, 0.5) is 0 Å². The maximum absolute atomic E-state index is 13.2. The Morgan fingerprint density at radius 3 is 2.48 bits per heavy atom. The molecule has 2 saturated heterocycles. The van der Waals surface area contributed by atoms with Crippen molar-refractivity contribution in [1.82, 2.24) is 19.6 Å². The van der Waals surface area contributed by atoms with Gasteiger partial charge in [0.1, 0.15) is 0 Å². The van der Waals surface area contributed by atoms with E-state index in [1.807, 2.05) is 41.0 Å². The molecule has 0 bridgehead atoms. The van der Waals surface area contributed by atoms with Crippen molar-refractivity contribution in [3.05, 3.63) is 46.7 Å². The molecule has 0 unspecified atom stereocenters. The van der Waals surface area contributed by atoms with E-state index in [2.05, 4.69) is 5.10 Å². The molecule has 6 nitrogen and oxygen atoms in total. The third kappa shape index (κ3) is 4.04. The summed E-state index contributed by atoms with van der Waals surface area (Å²) in [7, 11) is 0. The van der Waals surface area contributed by atoms with Gasteiger partial charge in [-0.25, -0.2) is 4.68 Å². The zero-order chi connectivity index (χ0) is 20.4. The van der Waals surface area contributed by atoms with E-state index < -0.39 is 0 Å². The lowest BCUT2D eigenvalue weighted by atomic mass is 9.95. The molecule has 2 aromatic rings. The standard InChI is InChI=1S/C22H27ClN4O2/c1-2-20-19(15-24-27(20)18-7-5-6-17(23)14-18)22(29)26-12-8-16(9-13-26)21(28)25-10-3-4-11-25/h5-7,14-16H,2-4,8-13H2,1H3. The summed E-state index contributed by atoms with van der Waals surface area (Å²) in [4.78, 5) is 29.7. The van der Waals surface area contributed by atoms with Crippen molar-refractivity contribution in [1.29, 1.82) is 0 Å². The molecule has 0 saturated carbocycles. The van der Waals surface area contributed by atoms with Gasteiger partial charge < -0.3 is 9.80 Å². The number of carbonyl (C=O) groups is 2. The van der Waals surface area contributed by atoms with Gasteiger partial charge in [0.2, 0.25) is 5.91 Å². The molecule has 0 atom stereocenters. The number of hydrogen-bond acceptors (Lipinski definition) is 3. The Morgan fingerprint density at radius 1 is 1.10 bits per heavy atom. The number of hydrogen-bond donors (Lipinski definition) is 0. The lowest BCUT2D eigenvalue weighted by Gasteiger charge is -2.33. The molecule has 2 amide bonds. The fraction of sp³-hybridized carbons (Fsp3) is 0.500. The first kappa shape index (κ1) is 20.0. The van der Waals surface area contributed by atoms with Crippen molar-refractivity contribution in [2.45, 2.75) is 39.0 Å². The van der Waals surface area contributed by atoms with Crippen LogP contribution in [0.25, 0.3) is 5.69 Å². The van der Waals surface area contributed by atoms with E-state index in [-0.39, 0.29) is 17.7 Å². The summed E-state index contributed by atoms with van der Waals surface area (Å²) in [5.74, 6) is 0.330. The molecular formula is C22H27ClN4O2. The molecule has 2 fully saturated rings. The summed E-state index contributed by atoms with van der Waals surface area (Å²) < 4.78 is 1.79. The second-order valence-corrected chi connectivity index (χ2v) is 8.29. The summed E-state index contributed by atoms with van der Waals surface area (Å²) in [6, 6.07) is 7.47. The minimum Gasteiger partial charge on any atom is -0.342 e. The fourth-order valence-corrected chi connectivity index (χ4v) is 4.60. The van der Waals surface area contributed by atoms with Crippen molar-refractivity contribution in [2.24, 2.45) is 5.92 Å². The third-order valence-corrected chi connectivity index (χ3v) is 6.27. The SMILES string of the molecule is CCc1c(C(=O)N2CCC(C(=O)N3CCCC3)CC2)cnn1-c1cccc(Cl)c1. The van der Waals surface area contributed by atoms with Gasteiger partial charge in [0, 0.05) is 37.1 Å². The number of rotatable bonds is 4. The molecule has 29 heavy (non-hydrogen) atoms. The summed E-state index contributed by atoms with van der Waals surface area (Å²) in [6.07, 6.45) is 6.05. The van der Waals surface area contributed by atoms with E-state index in [4.69, 9.17) is 11.6 Å². The number of aromatic nitrogens is 2. The van der Waals surface area contributed by atoms with Gasteiger partial charge >= 0.3 is 0 Å². The number of benzene rings is 1. The predicted molar refractivity (Wildman–Crippen MR) is 112 cm³/mol. The third-order valence-electron chi connectivity index (χ3n) is 6.04. The Hall–Kier alpha value is -2.34. The Bertz CT molecular complexity index is 896. The quantitative estimate of drug-likeness (QED) is 0.768. The minimum absolute atomic E-state index is 0.00204. The van der Waals surface area contributed by atoms with Crippen LogP contribution in [0.1, 0.15) is 48.7 Å². The molecule has 0 spiro atoms. The fourth-order valence-electron chi connectivity index (χ4n) is 4.42. The van der Waals surface area contributed by atoms with Crippen LogP contribution < -0.4 is 0 Å². The molecule has 0 aliphatic carbocycles. The van der Waals surface area contributed by atoms with Gasteiger partial charge in [-0.05, 0) is 50.3 Å². The van der Waals surface area contributed by atoms with E-state index in [1.165, 1.54) is 0 Å².